The van der Waals surface area contributed by atoms with Gasteiger partial charge in [0.2, 0.25) is 0 Å². The van der Waals surface area contributed by atoms with Gasteiger partial charge in [0.1, 0.15) is 5.82 Å². The first-order valence-corrected chi connectivity index (χ1v) is 7.39. The van der Waals surface area contributed by atoms with E-state index >= 15 is 0 Å². The maximum Gasteiger partial charge on any atom is 0.328 e. The van der Waals surface area contributed by atoms with Crippen LogP contribution in [0.4, 0.5) is 10.1 Å². The second kappa shape index (κ2) is 6.64. The number of anilines is 1. The van der Waals surface area contributed by atoms with E-state index < -0.39 is 11.8 Å². The van der Waals surface area contributed by atoms with E-state index in [1.54, 1.807) is 11.4 Å². The van der Waals surface area contributed by atoms with Gasteiger partial charge in [0.05, 0.1) is 9.35 Å². The van der Waals surface area contributed by atoms with E-state index in [-0.39, 0.29) is 11.5 Å². The predicted octanol–water partition coefficient (Wildman–Crippen LogP) is 4.00. The first kappa shape index (κ1) is 15.4. The first-order chi connectivity index (χ1) is 9.95. The van der Waals surface area contributed by atoms with Gasteiger partial charge in [-0.25, -0.2) is 9.18 Å². The summed E-state index contributed by atoms with van der Waals surface area (Å²) in [6.07, 6.45) is 1.97. The number of amides is 1. The van der Waals surface area contributed by atoms with Gasteiger partial charge in [0.15, 0.2) is 0 Å². The molecule has 0 aliphatic heterocycles. The van der Waals surface area contributed by atoms with Crippen LogP contribution < -0.4 is 5.32 Å². The van der Waals surface area contributed by atoms with E-state index in [9.17, 15) is 14.0 Å². The highest BCUT2D eigenvalue weighted by Gasteiger charge is 2.09. The van der Waals surface area contributed by atoms with Crippen LogP contribution in [-0.2, 0) is 4.79 Å². The molecule has 0 unspecified atom stereocenters. The fraction of sp³-hybridized carbons (Fsp3) is 0. The number of carbonyl (C=O) groups is 2. The molecule has 1 aromatic carbocycles. The highest BCUT2D eigenvalue weighted by Crippen LogP contribution is 2.22. The molecule has 1 amide bonds. The maximum atomic E-state index is 13.5. The summed E-state index contributed by atoms with van der Waals surface area (Å²) in [5.41, 5.74) is 0.953. The van der Waals surface area contributed by atoms with Crippen molar-refractivity contribution in [2.45, 2.75) is 0 Å². The number of halogens is 2. The molecule has 108 valence electrons. The lowest BCUT2D eigenvalue weighted by atomic mass is 10.1. The quantitative estimate of drug-likeness (QED) is 0.800. The summed E-state index contributed by atoms with van der Waals surface area (Å²) >= 11 is 4.64. The molecule has 0 bridgehead atoms. The number of hydrogen-bond acceptors (Lipinski definition) is 3. The number of nitrogens with one attached hydrogen (secondary N) is 1. The fourth-order valence-electron chi connectivity index (χ4n) is 1.54. The van der Waals surface area contributed by atoms with Crippen LogP contribution in [0.5, 0.6) is 0 Å². The summed E-state index contributed by atoms with van der Waals surface area (Å²) in [4.78, 5) is 22.4. The van der Waals surface area contributed by atoms with Crippen LogP contribution in [0, 0.1) is 5.82 Å². The van der Waals surface area contributed by atoms with Crippen LogP contribution in [0.15, 0.2) is 39.5 Å². The van der Waals surface area contributed by atoms with Gasteiger partial charge in [-0.3, -0.25) is 4.79 Å². The molecule has 2 N–H and O–H groups in total. The monoisotopic (exact) mass is 369 g/mol. The van der Waals surface area contributed by atoms with Crippen LogP contribution in [0.25, 0.3) is 6.08 Å². The molecular weight excluding hydrogens is 361 g/mol. The van der Waals surface area contributed by atoms with E-state index in [1.807, 2.05) is 0 Å². The van der Waals surface area contributed by atoms with Gasteiger partial charge in [-0.1, -0.05) is 0 Å². The standard InChI is InChI=1S/C14H9BrFNO3S/c15-12-6-9(7-21-12)14(20)17-10-2-3-11(16)8(5-10)1-4-13(18)19/h1-7H,(H,17,20)(H,18,19)/b4-1+. The second-order valence-electron chi connectivity index (χ2n) is 4.00. The summed E-state index contributed by atoms with van der Waals surface area (Å²) in [5, 5.41) is 12.9. The lowest BCUT2D eigenvalue weighted by Crippen LogP contribution is -2.11. The number of benzene rings is 1. The summed E-state index contributed by atoms with van der Waals surface area (Å²) in [6, 6.07) is 5.62. The van der Waals surface area contributed by atoms with Crippen molar-refractivity contribution >= 4 is 50.9 Å². The Bertz CT molecular complexity index is 727. The minimum absolute atomic E-state index is 0.0849. The summed E-state index contributed by atoms with van der Waals surface area (Å²) < 4.78 is 14.4. The maximum absolute atomic E-state index is 13.5. The number of thiophene rings is 1. The molecular formula is C14H9BrFNO3S. The van der Waals surface area contributed by atoms with Crippen LogP contribution >= 0.6 is 27.3 Å². The predicted molar refractivity (Wildman–Crippen MR) is 83.0 cm³/mol. The summed E-state index contributed by atoms with van der Waals surface area (Å²) in [5.74, 6) is -2.06. The van der Waals surface area contributed by atoms with Crippen LogP contribution in [0.3, 0.4) is 0 Å². The number of rotatable bonds is 4. The molecule has 0 saturated heterocycles. The third-order valence-corrected chi connectivity index (χ3v) is 3.99. The first-order valence-electron chi connectivity index (χ1n) is 5.71. The normalized spacial score (nSPS) is 10.8. The van der Waals surface area contributed by atoms with Crippen molar-refractivity contribution < 1.29 is 19.1 Å². The van der Waals surface area contributed by atoms with Gasteiger partial charge in [-0.15, -0.1) is 11.3 Å². The summed E-state index contributed by atoms with van der Waals surface area (Å²) in [6.45, 7) is 0. The highest BCUT2D eigenvalue weighted by atomic mass is 79.9. The average molecular weight is 370 g/mol. The van der Waals surface area contributed by atoms with E-state index in [0.717, 1.165) is 15.9 Å². The molecule has 2 rings (SSSR count). The Kier molecular flexibility index (Phi) is 4.87. The van der Waals surface area contributed by atoms with Crippen molar-refractivity contribution in [3.05, 3.63) is 56.5 Å². The van der Waals surface area contributed by atoms with Gasteiger partial charge >= 0.3 is 5.97 Å². The minimum atomic E-state index is -1.17. The molecule has 4 nitrogen and oxygen atoms in total. The Morgan fingerprint density at radius 3 is 2.71 bits per heavy atom. The Morgan fingerprint density at radius 2 is 2.10 bits per heavy atom. The topological polar surface area (TPSA) is 66.4 Å². The van der Waals surface area contributed by atoms with Gasteiger partial charge in [0.25, 0.3) is 5.91 Å². The zero-order valence-electron chi connectivity index (χ0n) is 10.5. The van der Waals surface area contributed by atoms with Gasteiger partial charge in [0, 0.05) is 22.7 Å². The van der Waals surface area contributed by atoms with Gasteiger partial charge < -0.3 is 10.4 Å². The second-order valence-corrected chi connectivity index (χ2v) is 6.29. The molecule has 2 aromatic rings. The van der Waals surface area contributed by atoms with Crippen LogP contribution in [0.1, 0.15) is 15.9 Å². The average Bonchev–Trinajstić information content (AvgIpc) is 2.86. The van der Waals surface area contributed by atoms with E-state index in [4.69, 9.17) is 5.11 Å². The fourth-order valence-corrected chi connectivity index (χ4v) is 2.68. The Hall–Kier alpha value is -1.99. The van der Waals surface area contributed by atoms with Crippen molar-refractivity contribution in [2.24, 2.45) is 0 Å². The molecule has 1 aromatic heterocycles. The van der Waals surface area contributed by atoms with Crippen LogP contribution in [-0.4, -0.2) is 17.0 Å². The molecule has 0 fully saturated rings. The van der Waals surface area contributed by atoms with Crippen molar-refractivity contribution in [3.8, 4) is 0 Å². The Balaban J connectivity index is 2.19. The van der Waals surface area contributed by atoms with E-state index in [2.05, 4.69) is 21.2 Å². The number of carboxylic acids is 1. The smallest absolute Gasteiger partial charge is 0.328 e. The molecule has 1 heterocycles. The molecule has 0 spiro atoms. The van der Waals surface area contributed by atoms with Crippen molar-refractivity contribution in [1.82, 2.24) is 0 Å². The molecule has 21 heavy (non-hydrogen) atoms. The molecule has 0 atom stereocenters. The van der Waals surface area contributed by atoms with Gasteiger partial charge in [-0.05, 0) is 46.3 Å². The Labute approximate surface area is 132 Å². The van der Waals surface area contributed by atoms with E-state index in [1.165, 1.54) is 29.5 Å². The van der Waals surface area contributed by atoms with Crippen molar-refractivity contribution in [1.29, 1.82) is 0 Å². The number of carbonyl (C=O) groups excluding carboxylic acids is 1. The lowest BCUT2D eigenvalue weighted by Gasteiger charge is -2.05. The zero-order chi connectivity index (χ0) is 15.4. The molecule has 0 aliphatic carbocycles. The largest absolute Gasteiger partial charge is 0.478 e. The molecule has 0 radical (unpaired) electrons. The van der Waals surface area contributed by atoms with Gasteiger partial charge in [-0.2, -0.15) is 0 Å². The lowest BCUT2D eigenvalue weighted by molar-refractivity contribution is -0.131. The highest BCUT2D eigenvalue weighted by molar-refractivity contribution is 9.11. The van der Waals surface area contributed by atoms with Crippen LogP contribution in [0.2, 0.25) is 0 Å². The number of aliphatic carboxylic acids is 1. The number of carboxylic acid groups (broad SMARTS) is 1. The third-order valence-electron chi connectivity index (χ3n) is 2.49. The van der Waals surface area contributed by atoms with Crippen molar-refractivity contribution in [3.63, 3.8) is 0 Å². The molecule has 7 heteroatoms. The minimum Gasteiger partial charge on any atom is -0.478 e. The summed E-state index contributed by atoms with van der Waals surface area (Å²) in [7, 11) is 0. The van der Waals surface area contributed by atoms with Crippen molar-refractivity contribution in [2.75, 3.05) is 5.32 Å². The molecule has 0 aliphatic rings. The SMILES string of the molecule is O=C(O)/C=C/c1cc(NC(=O)c2csc(Br)c2)ccc1F. The molecule has 0 saturated carbocycles. The zero-order valence-corrected chi connectivity index (χ0v) is 12.9. The van der Waals surface area contributed by atoms with E-state index in [0.29, 0.717) is 11.3 Å². The third kappa shape index (κ3) is 4.24. The number of hydrogen-bond donors (Lipinski definition) is 2. The Morgan fingerprint density at radius 1 is 1.33 bits per heavy atom.